The molecule has 0 unspecified atom stereocenters. The van der Waals surface area contributed by atoms with Crippen molar-refractivity contribution in [2.24, 2.45) is 0 Å². The smallest absolute Gasteiger partial charge is 0.229 e. The number of nitrogens with zero attached hydrogens (tertiary/aromatic N) is 2. The summed E-state index contributed by atoms with van der Waals surface area (Å²) in [5.74, 6) is -0.452. The van der Waals surface area contributed by atoms with Gasteiger partial charge in [-0.1, -0.05) is 0 Å². The zero-order valence-corrected chi connectivity index (χ0v) is 13.5. The van der Waals surface area contributed by atoms with E-state index in [1.807, 2.05) is 0 Å². The lowest BCUT2D eigenvalue weighted by Crippen LogP contribution is -2.43. The summed E-state index contributed by atoms with van der Waals surface area (Å²) in [6.07, 6.45) is 0.733. The predicted molar refractivity (Wildman–Crippen MR) is 80.6 cm³/mol. The Morgan fingerprint density at radius 2 is 1.67 bits per heavy atom. The standard InChI is InChI=1S/C15H27N3O3/c1-11(2)17(12(3)4)10-8-16-13(19)7-9-18-14(20)5-6-15(18)21/h11-12H,5-10H2,1-4H3,(H,16,19). The molecule has 0 saturated carbocycles. The summed E-state index contributed by atoms with van der Waals surface area (Å²) in [7, 11) is 0. The highest BCUT2D eigenvalue weighted by molar-refractivity contribution is 6.02. The van der Waals surface area contributed by atoms with Crippen LogP contribution in [0.4, 0.5) is 0 Å². The molecule has 1 aliphatic rings. The van der Waals surface area contributed by atoms with Gasteiger partial charge < -0.3 is 5.32 Å². The van der Waals surface area contributed by atoms with Crippen molar-refractivity contribution >= 4 is 17.7 Å². The fraction of sp³-hybridized carbons (Fsp3) is 0.800. The van der Waals surface area contributed by atoms with Crippen LogP contribution >= 0.6 is 0 Å². The number of imide groups is 1. The van der Waals surface area contributed by atoms with Crippen molar-refractivity contribution in [2.45, 2.75) is 59.0 Å². The lowest BCUT2D eigenvalue weighted by atomic mass is 10.2. The molecule has 3 amide bonds. The summed E-state index contributed by atoms with van der Waals surface area (Å²) in [5.41, 5.74) is 0. The van der Waals surface area contributed by atoms with Gasteiger partial charge in [0.1, 0.15) is 0 Å². The van der Waals surface area contributed by atoms with Crippen molar-refractivity contribution in [3.05, 3.63) is 0 Å². The van der Waals surface area contributed by atoms with E-state index in [0.717, 1.165) is 6.54 Å². The Balaban J connectivity index is 2.25. The molecule has 0 aromatic heterocycles. The molecule has 6 heteroatoms. The molecule has 0 aromatic carbocycles. The molecule has 1 heterocycles. The van der Waals surface area contributed by atoms with Crippen LogP contribution in [-0.4, -0.2) is 59.2 Å². The molecule has 1 rings (SSSR count). The molecule has 1 fully saturated rings. The number of rotatable bonds is 8. The molecular formula is C15H27N3O3. The average Bonchev–Trinajstić information content (AvgIpc) is 2.71. The van der Waals surface area contributed by atoms with Crippen molar-refractivity contribution in [2.75, 3.05) is 19.6 Å². The van der Waals surface area contributed by atoms with Gasteiger partial charge in [-0.25, -0.2) is 0 Å². The Labute approximate surface area is 126 Å². The fourth-order valence-electron chi connectivity index (χ4n) is 2.61. The summed E-state index contributed by atoms with van der Waals surface area (Å²) in [5, 5.41) is 2.85. The summed E-state index contributed by atoms with van der Waals surface area (Å²) in [6, 6.07) is 0.864. The van der Waals surface area contributed by atoms with Gasteiger partial charge in [0.15, 0.2) is 0 Å². The van der Waals surface area contributed by atoms with E-state index in [1.165, 1.54) is 4.90 Å². The summed E-state index contributed by atoms with van der Waals surface area (Å²) < 4.78 is 0. The van der Waals surface area contributed by atoms with Crippen molar-refractivity contribution in [3.8, 4) is 0 Å². The van der Waals surface area contributed by atoms with Gasteiger partial charge in [-0.2, -0.15) is 0 Å². The van der Waals surface area contributed by atoms with Gasteiger partial charge in [0.05, 0.1) is 0 Å². The highest BCUT2D eigenvalue weighted by Gasteiger charge is 2.28. The molecule has 0 aromatic rings. The maximum Gasteiger partial charge on any atom is 0.229 e. The SMILES string of the molecule is CC(C)N(CCNC(=O)CCN1C(=O)CCC1=O)C(C)C. The van der Waals surface area contributed by atoms with Crippen molar-refractivity contribution in [1.82, 2.24) is 15.1 Å². The van der Waals surface area contributed by atoms with E-state index in [9.17, 15) is 14.4 Å². The van der Waals surface area contributed by atoms with Crippen LogP contribution in [0, 0.1) is 0 Å². The van der Waals surface area contributed by atoms with E-state index < -0.39 is 0 Å². The molecule has 0 aliphatic carbocycles. The van der Waals surface area contributed by atoms with Crippen LogP contribution in [0.5, 0.6) is 0 Å². The minimum absolute atomic E-state index is 0.116. The molecule has 1 saturated heterocycles. The molecular weight excluding hydrogens is 270 g/mol. The predicted octanol–water partition coefficient (Wildman–Crippen LogP) is 0.761. The van der Waals surface area contributed by atoms with Gasteiger partial charge in [0.25, 0.3) is 0 Å². The van der Waals surface area contributed by atoms with E-state index in [4.69, 9.17) is 0 Å². The molecule has 120 valence electrons. The first-order valence-electron chi connectivity index (χ1n) is 7.68. The monoisotopic (exact) mass is 297 g/mol. The number of likely N-dealkylation sites (tertiary alicyclic amines) is 1. The van der Waals surface area contributed by atoms with E-state index in [-0.39, 0.29) is 43.5 Å². The van der Waals surface area contributed by atoms with Crippen LogP contribution in [0.25, 0.3) is 0 Å². The second-order valence-electron chi connectivity index (χ2n) is 5.96. The topological polar surface area (TPSA) is 69.7 Å². The first-order chi connectivity index (χ1) is 9.82. The number of amides is 3. The summed E-state index contributed by atoms with van der Waals surface area (Å²) in [4.78, 5) is 38.1. The third kappa shape index (κ3) is 5.46. The van der Waals surface area contributed by atoms with Crippen molar-refractivity contribution in [3.63, 3.8) is 0 Å². The zero-order valence-electron chi connectivity index (χ0n) is 13.5. The number of nitrogens with one attached hydrogen (secondary N) is 1. The minimum atomic E-state index is -0.168. The summed E-state index contributed by atoms with van der Waals surface area (Å²) in [6.45, 7) is 10.1. The first-order valence-corrected chi connectivity index (χ1v) is 7.68. The van der Waals surface area contributed by atoms with Crippen LogP contribution in [0.2, 0.25) is 0 Å². The lowest BCUT2D eigenvalue weighted by Gasteiger charge is -2.30. The Morgan fingerprint density at radius 1 is 1.14 bits per heavy atom. The third-order valence-corrected chi connectivity index (χ3v) is 3.74. The van der Waals surface area contributed by atoms with Gasteiger partial charge in [0, 0.05) is 51.0 Å². The molecule has 0 radical (unpaired) electrons. The van der Waals surface area contributed by atoms with E-state index in [2.05, 4.69) is 37.9 Å². The Hall–Kier alpha value is -1.43. The molecule has 1 N–H and O–H groups in total. The summed E-state index contributed by atoms with van der Waals surface area (Å²) >= 11 is 0. The van der Waals surface area contributed by atoms with Crippen LogP contribution < -0.4 is 5.32 Å². The van der Waals surface area contributed by atoms with Crippen LogP contribution in [0.15, 0.2) is 0 Å². The lowest BCUT2D eigenvalue weighted by molar-refractivity contribution is -0.138. The van der Waals surface area contributed by atoms with Gasteiger partial charge in [-0.3, -0.25) is 24.2 Å². The quantitative estimate of drug-likeness (QED) is 0.672. The zero-order chi connectivity index (χ0) is 16.0. The molecule has 21 heavy (non-hydrogen) atoms. The third-order valence-electron chi connectivity index (χ3n) is 3.74. The number of carbonyl (C=O) groups is 3. The Bertz CT molecular complexity index is 370. The van der Waals surface area contributed by atoms with E-state index >= 15 is 0 Å². The van der Waals surface area contributed by atoms with Crippen molar-refractivity contribution in [1.29, 1.82) is 0 Å². The van der Waals surface area contributed by atoms with Gasteiger partial charge in [-0.05, 0) is 27.7 Å². The second kappa shape index (κ2) is 8.12. The molecule has 1 aliphatic heterocycles. The normalized spacial score (nSPS) is 15.7. The van der Waals surface area contributed by atoms with Crippen LogP contribution in [-0.2, 0) is 14.4 Å². The Morgan fingerprint density at radius 3 is 2.14 bits per heavy atom. The van der Waals surface area contributed by atoms with Gasteiger partial charge >= 0.3 is 0 Å². The average molecular weight is 297 g/mol. The van der Waals surface area contributed by atoms with Gasteiger partial charge in [0.2, 0.25) is 17.7 Å². The largest absolute Gasteiger partial charge is 0.355 e. The molecule has 6 nitrogen and oxygen atoms in total. The minimum Gasteiger partial charge on any atom is -0.355 e. The highest BCUT2D eigenvalue weighted by Crippen LogP contribution is 2.11. The van der Waals surface area contributed by atoms with E-state index in [1.54, 1.807) is 0 Å². The molecule has 0 atom stereocenters. The van der Waals surface area contributed by atoms with Gasteiger partial charge in [-0.15, -0.1) is 0 Å². The molecule has 0 bridgehead atoms. The fourth-order valence-corrected chi connectivity index (χ4v) is 2.61. The number of hydrogen-bond acceptors (Lipinski definition) is 4. The van der Waals surface area contributed by atoms with Crippen LogP contribution in [0.3, 0.4) is 0 Å². The van der Waals surface area contributed by atoms with Crippen LogP contribution in [0.1, 0.15) is 47.0 Å². The Kier molecular flexibility index (Phi) is 6.81. The van der Waals surface area contributed by atoms with E-state index in [0.29, 0.717) is 18.6 Å². The second-order valence-corrected chi connectivity index (χ2v) is 5.96. The molecule has 0 spiro atoms. The van der Waals surface area contributed by atoms with Crippen molar-refractivity contribution < 1.29 is 14.4 Å². The maximum absolute atomic E-state index is 11.8. The highest BCUT2D eigenvalue weighted by atomic mass is 16.2. The number of hydrogen-bond donors (Lipinski definition) is 1. The number of carbonyl (C=O) groups excluding carboxylic acids is 3. The maximum atomic E-state index is 11.8. The first kappa shape index (κ1) is 17.6.